The first-order valence-electron chi connectivity index (χ1n) is 9.26. The predicted molar refractivity (Wildman–Crippen MR) is 108 cm³/mol. The van der Waals surface area contributed by atoms with Crippen LogP contribution < -0.4 is 0 Å². The monoisotopic (exact) mass is 384 g/mol. The first-order chi connectivity index (χ1) is 13.1. The van der Waals surface area contributed by atoms with Gasteiger partial charge in [0.1, 0.15) is 5.88 Å². The van der Waals surface area contributed by atoms with Crippen LogP contribution in [0.2, 0.25) is 0 Å². The summed E-state index contributed by atoms with van der Waals surface area (Å²) in [5.74, 6) is -0.0710. The van der Waals surface area contributed by atoms with Crippen LogP contribution in [0.4, 0.5) is 0 Å². The topological polar surface area (TPSA) is 52.9 Å². The zero-order valence-electron chi connectivity index (χ0n) is 15.6. The molecule has 1 heterocycles. The summed E-state index contributed by atoms with van der Waals surface area (Å²) in [6.45, 7) is 4.19. The van der Waals surface area contributed by atoms with Crippen molar-refractivity contribution in [2.45, 2.75) is 32.4 Å². The summed E-state index contributed by atoms with van der Waals surface area (Å²) in [4.78, 5) is 14.9. The second-order valence-electron chi connectivity index (χ2n) is 7.28. The van der Waals surface area contributed by atoms with Gasteiger partial charge in [0.2, 0.25) is 5.91 Å². The van der Waals surface area contributed by atoms with Gasteiger partial charge in [0.05, 0.1) is 17.8 Å². The molecule has 0 saturated carbocycles. The zero-order chi connectivity index (χ0) is 19.4. The minimum absolute atomic E-state index is 0.0791. The maximum atomic E-state index is 13.0. The highest BCUT2D eigenvalue weighted by atomic mass is 35.5. The first-order valence-corrected chi connectivity index (χ1v) is 9.79. The number of hydrogen-bond acceptors (Lipinski definition) is 3. The highest BCUT2D eigenvalue weighted by Gasteiger charge is 2.45. The van der Waals surface area contributed by atoms with Gasteiger partial charge in [-0.3, -0.25) is 4.79 Å². The fourth-order valence-corrected chi connectivity index (χ4v) is 4.35. The van der Waals surface area contributed by atoms with E-state index in [9.17, 15) is 10.0 Å². The highest BCUT2D eigenvalue weighted by molar-refractivity contribution is 6.27. The van der Waals surface area contributed by atoms with Crippen LogP contribution in [-0.4, -0.2) is 27.6 Å². The molecule has 1 amide bonds. The first kappa shape index (κ1) is 19.4. The lowest BCUT2D eigenvalue weighted by Gasteiger charge is -2.48. The molecule has 27 heavy (non-hydrogen) atoms. The van der Waals surface area contributed by atoms with Gasteiger partial charge in [-0.05, 0) is 17.0 Å². The molecule has 142 valence electrons. The second-order valence-corrected chi connectivity index (χ2v) is 7.55. The molecule has 0 bridgehead atoms. The number of piperidine rings is 1. The normalized spacial score (nSPS) is 24.4. The lowest BCUT2D eigenvalue weighted by atomic mass is 9.73. The van der Waals surface area contributed by atoms with E-state index in [0.717, 1.165) is 16.8 Å². The van der Waals surface area contributed by atoms with Gasteiger partial charge in [-0.1, -0.05) is 79.7 Å². The van der Waals surface area contributed by atoms with Crippen LogP contribution in [0.3, 0.4) is 0 Å². The summed E-state index contributed by atoms with van der Waals surface area (Å²) >= 11 is 6.02. The third kappa shape index (κ3) is 3.86. The summed E-state index contributed by atoms with van der Waals surface area (Å²) in [7, 11) is 0. The summed E-state index contributed by atoms with van der Waals surface area (Å²) in [6.07, 6.45) is 0.495. The van der Waals surface area contributed by atoms with Crippen molar-refractivity contribution in [2.24, 2.45) is 17.0 Å². The molecule has 4 nitrogen and oxygen atoms in total. The molecule has 5 heteroatoms. The van der Waals surface area contributed by atoms with E-state index in [1.165, 1.54) is 0 Å². The molecule has 0 unspecified atom stereocenters. The molecule has 1 saturated heterocycles. The maximum absolute atomic E-state index is 13.0. The standard InChI is InChI=1S/C22H25ClN2O2/c1-15(2)21-18(24-27)13-19(16-9-5-3-6-10-16)25(20(26)14-23)22(21)17-11-7-4-8-12-17/h3-12,15,19,21-22,27H,13-14H2,1-2H3/b24-18+/t19-,21+,22-/m1/s1. The number of oxime groups is 1. The van der Waals surface area contributed by atoms with E-state index < -0.39 is 0 Å². The van der Waals surface area contributed by atoms with Crippen LogP contribution >= 0.6 is 11.6 Å². The van der Waals surface area contributed by atoms with E-state index in [4.69, 9.17) is 11.6 Å². The predicted octanol–water partition coefficient (Wildman–Crippen LogP) is 5.04. The van der Waals surface area contributed by atoms with Crippen molar-refractivity contribution >= 4 is 23.2 Å². The molecule has 0 aromatic heterocycles. The van der Waals surface area contributed by atoms with Crippen molar-refractivity contribution in [1.82, 2.24) is 4.90 Å². The summed E-state index contributed by atoms with van der Waals surface area (Å²) in [5, 5.41) is 13.4. The molecule has 1 aliphatic rings. The van der Waals surface area contributed by atoms with Gasteiger partial charge in [0.15, 0.2) is 0 Å². The minimum atomic E-state index is -0.234. The molecule has 1 aliphatic heterocycles. The molecule has 1 fully saturated rings. The maximum Gasteiger partial charge on any atom is 0.238 e. The van der Waals surface area contributed by atoms with Gasteiger partial charge >= 0.3 is 0 Å². The third-order valence-corrected chi connectivity index (χ3v) is 5.57. The number of likely N-dealkylation sites (tertiary alicyclic amines) is 1. The molecule has 2 aromatic rings. The summed E-state index contributed by atoms with van der Waals surface area (Å²) in [5.41, 5.74) is 2.77. The van der Waals surface area contributed by atoms with Crippen molar-refractivity contribution < 1.29 is 10.0 Å². The Morgan fingerprint density at radius 1 is 1.11 bits per heavy atom. The number of rotatable bonds is 4. The van der Waals surface area contributed by atoms with Crippen molar-refractivity contribution in [2.75, 3.05) is 5.88 Å². The van der Waals surface area contributed by atoms with Gasteiger partial charge in [0, 0.05) is 12.3 Å². The minimum Gasteiger partial charge on any atom is -0.411 e. The Labute approximate surface area is 165 Å². The van der Waals surface area contributed by atoms with Gasteiger partial charge in [-0.25, -0.2) is 0 Å². The highest BCUT2D eigenvalue weighted by Crippen LogP contribution is 2.46. The van der Waals surface area contributed by atoms with E-state index in [2.05, 4.69) is 19.0 Å². The van der Waals surface area contributed by atoms with Crippen LogP contribution in [0.1, 0.15) is 43.5 Å². The zero-order valence-corrected chi connectivity index (χ0v) is 16.4. The van der Waals surface area contributed by atoms with Gasteiger partial charge < -0.3 is 10.1 Å². The molecular weight excluding hydrogens is 360 g/mol. The van der Waals surface area contributed by atoms with Crippen molar-refractivity contribution in [3.8, 4) is 0 Å². The van der Waals surface area contributed by atoms with E-state index in [0.29, 0.717) is 6.42 Å². The quantitative estimate of drug-likeness (QED) is 0.456. The molecule has 2 aromatic carbocycles. The Morgan fingerprint density at radius 2 is 1.67 bits per heavy atom. The third-order valence-electron chi connectivity index (χ3n) is 5.34. The molecular formula is C22H25ClN2O2. The van der Waals surface area contributed by atoms with Gasteiger partial charge in [-0.15, -0.1) is 11.6 Å². The summed E-state index contributed by atoms with van der Waals surface area (Å²) in [6, 6.07) is 19.4. The SMILES string of the molecule is CC(C)[C@H]1/C(=N/O)C[C@H](c2ccccc2)N(C(=O)CCl)[C@@H]1c1ccccc1. The lowest BCUT2D eigenvalue weighted by molar-refractivity contribution is -0.136. The van der Waals surface area contributed by atoms with Crippen LogP contribution in [0.15, 0.2) is 65.8 Å². The molecule has 0 aliphatic carbocycles. The van der Waals surface area contributed by atoms with Crippen molar-refractivity contribution in [1.29, 1.82) is 0 Å². The van der Waals surface area contributed by atoms with Crippen molar-refractivity contribution in [3.05, 3.63) is 71.8 Å². The second kappa shape index (κ2) is 8.57. The lowest BCUT2D eigenvalue weighted by Crippen LogP contribution is -2.50. The molecule has 0 radical (unpaired) electrons. The van der Waals surface area contributed by atoms with E-state index >= 15 is 0 Å². The van der Waals surface area contributed by atoms with Crippen molar-refractivity contribution in [3.63, 3.8) is 0 Å². The fourth-order valence-electron chi connectivity index (χ4n) is 4.21. The van der Waals surface area contributed by atoms with Gasteiger partial charge in [0.25, 0.3) is 0 Å². The van der Waals surface area contributed by atoms with Gasteiger partial charge in [-0.2, -0.15) is 0 Å². The average molecular weight is 385 g/mol. The van der Waals surface area contributed by atoms with Crippen LogP contribution in [0.25, 0.3) is 0 Å². The fraction of sp³-hybridized carbons (Fsp3) is 0.364. The number of carbonyl (C=O) groups is 1. The summed E-state index contributed by atoms with van der Waals surface area (Å²) < 4.78 is 0. The number of carbonyl (C=O) groups excluding carboxylic acids is 1. The van der Waals surface area contributed by atoms with E-state index in [1.807, 2.05) is 65.6 Å². The molecule has 1 N–H and O–H groups in total. The Morgan fingerprint density at radius 3 is 2.15 bits per heavy atom. The Balaban J connectivity index is 2.19. The number of benzene rings is 2. The average Bonchev–Trinajstić information content (AvgIpc) is 2.72. The van der Waals surface area contributed by atoms with E-state index in [-0.39, 0.29) is 35.7 Å². The number of alkyl halides is 1. The largest absolute Gasteiger partial charge is 0.411 e. The van der Waals surface area contributed by atoms with Crippen LogP contribution in [-0.2, 0) is 4.79 Å². The smallest absolute Gasteiger partial charge is 0.238 e. The Kier molecular flexibility index (Phi) is 6.17. The Hall–Kier alpha value is -2.33. The Bertz CT molecular complexity index is 792. The molecule has 3 atom stereocenters. The number of hydrogen-bond donors (Lipinski definition) is 1. The number of amides is 1. The number of halogens is 1. The molecule has 0 spiro atoms. The van der Waals surface area contributed by atoms with E-state index in [1.54, 1.807) is 0 Å². The number of nitrogens with zero attached hydrogens (tertiary/aromatic N) is 2. The van der Waals surface area contributed by atoms with Crippen LogP contribution in [0.5, 0.6) is 0 Å². The van der Waals surface area contributed by atoms with Crippen LogP contribution in [0, 0.1) is 11.8 Å². The molecule has 3 rings (SSSR count).